The lowest BCUT2D eigenvalue weighted by Crippen LogP contribution is -2.51. The average molecular weight is 280 g/mol. The number of methoxy groups -OCH3 is 1. The van der Waals surface area contributed by atoms with Gasteiger partial charge in [-0.2, -0.15) is 5.10 Å². The molecule has 1 aliphatic rings. The van der Waals surface area contributed by atoms with Crippen LogP contribution in [0.3, 0.4) is 0 Å². The summed E-state index contributed by atoms with van der Waals surface area (Å²) in [6.45, 7) is 6.71. The lowest BCUT2D eigenvalue weighted by Gasteiger charge is -2.34. The summed E-state index contributed by atoms with van der Waals surface area (Å²) in [6, 6.07) is 0. The summed E-state index contributed by atoms with van der Waals surface area (Å²) < 4.78 is 7.35. The molecule has 2 N–H and O–H groups in total. The van der Waals surface area contributed by atoms with Crippen LogP contribution in [0.5, 0.6) is 0 Å². The van der Waals surface area contributed by atoms with Crippen molar-refractivity contribution in [3.05, 3.63) is 12.4 Å². The van der Waals surface area contributed by atoms with E-state index in [0.717, 1.165) is 25.3 Å². The Morgan fingerprint density at radius 3 is 2.85 bits per heavy atom. The van der Waals surface area contributed by atoms with Gasteiger partial charge in [-0.15, -0.1) is 0 Å². The van der Waals surface area contributed by atoms with E-state index in [-0.39, 0.29) is 5.91 Å². The Balaban J connectivity index is 2.01. The van der Waals surface area contributed by atoms with E-state index in [2.05, 4.69) is 29.6 Å². The first-order chi connectivity index (χ1) is 9.55. The third kappa shape index (κ3) is 3.37. The maximum Gasteiger partial charge on any atom is 0.256 e. The summed E-state index contributed by atoms with van der Waals surface area (Å²) in [5.74, 6) is 0.443. The summed E-state index contributed by atoms with van der Waals surface area (Å²) in [5, 5.41) is 10.4. The summed E-state index contributed by atoms with van der Waals surface area (Å²) in [6.07, 6.45) is 4.93. The molecule has 0 bridgehead atoms. The molecule has 1 amide bonds. The van der Waals surface area contributed by atoms with Crippen molar-refractivity contribution >= 4 is 11.6 Å². The normalized spacial score (nSPS) is 18.2. The quantitative estimate of drug-likeness (QED) is 0.851. The molecule has 20 heavy (non-hydrogen) atoms. The Hall–Kier alpha value is -1.40. The Labute approximate surface area is 119 Å². The van der Waals surface area contributed by atoms with Crippen LogP contribution in [-0.4, -0.2) is 41.5 Å². The summed E-state index contributed by atoms with van der Waals surface area (Å²) in [7, 11) is 1.60. The molecule has 1 aliphatic heterocycles. The van der Waals surface area contributed by atoms with Gasteiger partial charge in [0.1, 0.15) is 5.60 Å². The molecule has 2 rings (SSSR count). The zero-order valence-corrected chi connectivity index (χ0v) is 12.5. The maximum absolute atomic E-state index is 12.5. The maximum atomic E-state index is 12.5. The van der Waals surface area contributed by atoms with Crippen molar-refractivity contribution in [2.24, 2.45) is 5.92 Å². The second kappa shape index (κ2) is 6.37. The fraction of sp³-hybridized carbons (Fsp3) is 0.714. The summed E-state index contributed by atoms with van der Waals surface area (Å²) in [5.41, 5.74) is 0.0105. The van der Waals surface area contributed by atoms with Crippen LogP contribution < -0.4 is 10.6 Å². The molecule has 0 aromatic carbocycles. The zero-order chi connectivity index (χ0) is 14.6. The van der Waals surface area contributed by atoms with Crippen LogP contribution in [0.1, 0.15) is 26.7 Å². The molecule has 112 valence electrons. The van der Waals surface area contributed by atoms with Gasteiger partial charge in [-0.3, -0.25) is 9.48 Å². The second-order valence-electron chi connectivity index (χ2n) is 5.75. The average Bonchev–Trinajstić information content (AvgIpc) is 2.85. The molecular formula is C14H24N4O2. The number of nitrogens with zero attached hydrogens (tertiary/aromatic N) is 2. The van der Waals surface area contributed by atoms with Crippen molar-refractivity contribution in [2.75, 3.05) is 25.5 Å². The highest BCUT2D eigenvalue weighted by Gasteiger charge is 2.39. The van der Waals surface area contributed by atoms with Crippen molar-refractivity contribution in [3.63, 3.8) is 0 Å². The van der Waals surface area contributed by atoms with Crippen LogP contribution >= 0.6 is 0 Å². The number of ether oxygens (including phenoxy) is 1. The molecule has 0 spiro atoms. The molecule has 6 heteroatoms. The van der Waals surface area contributed by atoms with E-state index in [1.807, 2.05) is 10.9 Å². The molecular weight excluding hydrogens is 256 g/mol. The molecule has 1 fully saturated rings. The summed E-state index contributed by atoms with van der Waals surface area (Å²) >= 11 is 0. The van der Waals surface area contributed by atoms with Crippen molar-refractivity contribution in [2.45, 2.75) is 38.8 Å². The molecule has 2 heterocycles. The zero-order valence-electron chi connectivity index (χ0n) is 12.5. The largest absolute Gasteiger partial charge is 0.368 e. The van der Waals surface area contributed by atoms with E-state index >= 15 is 0 Å². The van der Waals surface area contributed by atoms with Crippen LogP contribution in [-0.2, 0) is 16.1 Å². The van der Waals surface area contributed by atoms with E-state index in [4.69, 9.17) is 4.74 Å². The van der Waals surface area contributed by atoms with Crippen LogP contribution in [0.15, 0.2) is 12.4 Å². The van der Waals surface area contributed by atoms with Gasteiger partial charge >= 0.3 is 0 Å². The minimum absolute atomic E-state index is 0.0782. The lowest BCUT2D eigenvalue weighted by molar-refractivity contribution is -0.140. The standard InChI is InChI=1S/C14H24N4O2/c1-11(2)9-18-10-12(8-16-18)17-13(19)14(20-3)4-6-15-7-5-14/h8,10-11,15H,4-7,9H2,1-3H3,(H,17,19). The second-order valence-corrected chi connectivity index (χ2v) is 5.75. The smallest absolute Gasteiger partial charge is 0.256 e. The van der Waals surface area contributed by atoms with Crippen LogP contribution in [0, 0.1) is 5.92 Å². The van der Waals surface area contributed by atoms with Crippen LogP contribution in [0.4, 0.5) is 5.69 Å². The number of hydrogen-bond acceptors (Lipinski definition) is 4. The SMILES string of the molecule is COC1(C(=O)Nc2cnn(CC(C)C)c2)CCNCC1. The van der Waals surface area contributed by atoms with Crippen molar-refractivity contribution in [3.8, 4) is 0 Å². The van der Waals surface area contributed by atoms with E-state index in [1.54, 1.807) is 13.3 Å². The van der Waals surface area contributed by atoms with Crippen molar-refractivity contribution in [1.82, 2.24) is 15.1 Å². The Morgan fingerprint density at radius 1 is 1.55 bits per heavy atom. The minimum atomic E-state index is -0.717. The van der Waals surface area contributed by atoms with Gasteiger partial charge in [-0.1, -0.05) is 13.8 Å². The van der Waals surface area contributed by atoms with E-state index < -0.39 is 5.60 Å². The number of hydrogen-bond donors (Lipinski definition) is 2. The molecule has 6 nitrogen and oxygen atoms in total. The Kier molecular flexibility index (Phi) is 4.77. The van der Waals surface area contributed by atoms with Gasteiger partial charge < -0.3 is 15.4 Å². The highest BCUT2D eigenvalue weighted by atomic mass is 16.5. The molecule has 0 radical (unpaired) electrons. The topological polar surface area (TPSA) is 68.2 Å². The number of nitrogens with one attached hydrogen (secondary N) is 2. The number of aromatic nitrogens is 2. The fourth-order valence-corrected chi connectivity index (χ4v) is 2.50. The summed E-state index contributed by atoms with van der Waals surface area (Å²) in [4.78, 5) is 12.5. The highest BCUT2D eigenvalue weighted by molar-refractivity contribution is 5.97. The predicted molar refractivity (Wildman–Crippen MR) is 77.5 cm³/mol. The number of carbonyl (C=O) groups excluding carboxylic acids is 1. The van der Waals surface area contributed by atoms with Gasteiger partial charge in [0.15, 0.2) is 0 Å². The van der Waals surface area contributed by atoms with Crippen molar-refractivity contribution in [1.29, 1.82) is 0 Å². The van der Waals surface area contributed by atoms with Crippen molar-refractivity contribution < 1.29 is 9.53 Å². The molecule has 0 aliphatic carbocycles. The number of carbonyl (C=O) groups is 1. The minimum Gasteiger partial charge on any atom is -0.368 e. The third-order valence-electron chi connectivity index (χ3n) is 3.66. The van der Waals surface area contributed by atoms with E-state index in [1.165, 1.54) is 0 Å². The molecule has 0 atom stereocenters. The monoisotopic (exact) mass is 280 g/mol. The predicted octanol–water partition coefficient (Wildman–Crippen LogP) is 1.25. The molecule has 1 saturated heterocycles. The first kappa shape index (κ1) is 15.0. The third-order valence-corrected chi connectivity index (χ3v) is 3.66. The van der Waals surface area contributed by atoms with Gasteiger partial charge in [0.25, 0.3) is 5.91 Å². The Morgan fingerprint density at radius 2 is 2.25 bits per heavy atom. The highest BCUT2D eigenvalue weighted by Crippen LogP contribution is 2.24. The first-order valence-corrected chi connectivity index (χ1v) is 7.15. The van der Waals surface area contributed by atoms with Gasteiger partial charge in [0.05, 0.1) is 11.9 Å². The first-order valence-electron chi connectivity index (χ1n) is 7.15. The van der Waals surface area contributed by atoms with Gasteiger partial charge in [-0.05, 0) is 31.8 Å². The number of amides is 1. The number of rotatable bonds is 5. The lowest BCUT2D eigenvalue weighted by atomic mass is 9.91. The van der Waals surface area contributed by atoms with E-state index in [0.29, 0.717) is 18.8 Å². The van der Waals surface area contributed by atoms with Gasteiger partial charge in [0, 0.05) is 19.9 Å². The van der Waals surface area contributed by atoms with Crippen LogP contribution in [0.2, 0.25) is 0 Å². The molecule has 0 saturated carbocycles. The Bertz CT molecular complexity index is 450. The van der Waals surface area contributed by atoms with Gasteiger partial charge in [-0.25, -0.2) is 0 Å². The number of piperidine rings is 1. The molecule has 1 aromatic rings. The number of anilines is 1. The molecule has 0 unspecified atom stereocenters. The fourth-order valence-electron chi connectivity index (χ4n) is 2.50. The van der Waals surface area contributed by atoms with E-state index in [9.17, 15) is 4.79 Å². The van der Waals surface area contributed by atoms with Gasteiger partial charge in [0.2, 0.25) is 0 Å². The molecule has 1 aromatic heterocycles. The van der Waals surface area contributed by atoms with Crippen LogP contribution in [0.25, 0.3) is 0 Å².